The minimum absolute atomic E-state index is 0.354. The van der Waals surface area contributed by atoms with Crippen molar-refractivity contribution in [1.29, 1.82) is 0 Å². The van der Waals surface area contributed by atoms with Crippen LogP contribution >= 0.6 is 0 Å². The van der Waals surface area contributed by atoms with Gasteiger partial charge in [0.05, 0.1) is 12.1 Å². The maximum Gasteiger partial charge on any atom is 0.245 e. The van der Waals surface area contributed by atoms with Crippen LogP contribution in [0.3, 0.4) is 0 Å². The second-order valence-corrected chi connectivity index (χ2v) is 5.21. The second kappa shape index (κ2) is 3.59. The van der Waals surface area contributed by atoms with E-state index in [4.69, 9.17) is 4.84 Å². The molecule has 0 radical (unpaired) electrons. The maximum absolute atomic E-state index is 10.3. The van der Waals surface area contributed by atoms with Crippen molar-refractivity contribution in [3.8, 4) is 0 Å². The van der Waals surface area contributed by atoms with Crippen molar-refractivity contribution in [2.75, 3.05) is 0 Å². The molecule has 1 aliphatic rings. The van der Waals surface area contributed by atoms with Crippen LogP contribution in [0.25, 0.3) is 0 Å². The topological polar surface area (TPSA) is 41.8 Å². The minimum Gasteiger partial charge on any atom is -0.359 e. The number of hydrogen-bond acceptors (Lipinski definition) is 3. The van der Waals surface area contributed by atoms with Gasteiger partial charge in [0, 0.05) is 5.41 Å². The molecule has 0 amide bonds. The predicted octanol–water partition coefficient (Wildman–Crippen LogP) is 2.55. The Morgan fingerprint density at radius 1 is 1.25 bits per heavy atom. The Kier molecular flexibility index (Phi) is 2.50. The summed E-state index contributed by atoms with van der Waals surface area (Å²) in [5.74, 6) is -1.20. The van der Waals surface area contributed by atoms with Crippen LogP contribution in [-0.4, -0.2) is 16.6 Å². The average Bonchev–Trinajstić information content (AvgIpc) is 2.63. The summed E-state index contributed by atoms with van der Waals surface area (Å²) in [5.41, 5.74) is 1.45. The molecule has 0 saturated carbocycles. The van der Waals surface area contributed by atoms with Gasteiger partial charge >= 0.3 is 0 Å². The van der Waals surface area contributed by atoms with E-state index in [-0.39, 0.29) is 5.41 Å². The molecule has 3 nitrogen and oxygen atoms in total. The smallest absolute Gasteiger partial charge is 0.245 e. The molecule has 1 heterocycles. The molecule has 0 saturated heterocycles. The Bertz CT molecular complexity index is 406. The van der Waals surface area contributed by atoms with Gasteiger partial charge in [-0.3, -0.25) is 0 Å². The highest BCUT2D eigenvalue weighted by molar-refractivity contribution is 6.01. The SMILES string of the molecule is CC(C)(C)C1(O)CC(c2ccccc2)=NO1. The van der Waals surface area contributed by atoms with E-state index in [1.807, 2.05) is 51.1 Å². The zero-order chi connectivity index (χ0) is 11.8. The molecule has 2 rings (SSSR count). The maximum atomic E-state index is 10.3. The Morgan fingerprint density at radius 2 is 1.88 bits per heavy atom. The lowest BCUT2D eigenvalue weighted by atomic mass is 9.82. The van der Waals surface area contributed by atoms with Crippen LogP contribution < -0.4 is 0 Å². The van der Waals surface area contributed by atoms with E-state index in [1.54, 1.807) is 0 Å². The standard InChI is InChI=1S/C13H17NO2/c1-12(2,3)13(15)9-11(14-16-13)10-7-5-4-6-8-10/h4-8,15H,9H2,1-3H3. The van der Waals surface area contributed by atoms with Gasteiger partial charge in [-0.1, -0.05) is 56.3 Å². The van der Waals surface area contributed by atoms with Crippen molar-refractivity contribution in [1.82, 2.24) is 0 Å². The summed E-state index contributed by atoms with van der Waals surface area (Å²) in [4.78, 5) is 5.22. The Balaban J connectivity index is 2.20. The van der Waals surface area contributed by atoms with Crippen molar-refractivity contribution >= 4 is 5.71 Å². The molecule has 0 aromatic heterocycles. The highest BCUT2D eigenvalue weighted by Gasteiger charge is 2.47. The Morgan fingerprint density at radius 3 is 2.38 bits per heavy atom. The predicted molar refractivity (Wildman–Crippen MR) is 63.1 cm³/mol. The third-order valence-electron chi connectivity index (χ3n) is 2.99. The number of benzene rings is 1. The molecule has 0 fully saturated rings. The monoisotopic (exact) mass is 219 g/mol. The van der Waals surface area contributed by atoms with Crippen molar-refractivity contribution in [3.63, 3.8) is 0 Å². The number of hydrogen-bond donors (Lipinski definition) is 1. The lowest BCUT2D eigenvalue weighted by molar-refractivity contribution is -0.244. The highest BCUT2D eigenvalue weighted by Crippen LogP contribution is 2.39. The van der Waals surface area contributed by atoms with Gasteiger partial charge in [0.15, 0.2) is 0 Å². The molecule has 1 unspecified atom stereocenters. The molecule has 1 N–H and O–H groups in total. The fourth-order valence-electron chi connectivity index (χ4n) is 1.61. The Labute approximate surface area is 95.7 Å². The fraction of sp³-hybridized carbons (Fsp3) is 0.462. The summed E-state index contributed by atoms with van der Waals surface area (Å²) in [6.45, 7) is 5.82. The number of oxime groups is 1. The largest absolute Gasteiger partial charge is 0.359 e. The van der Waals surface area contributed by atoms with Crippen molar-refractivity contribution in [2.24, 2.45) is 10.6 Å². The van der Waals surface area contributed by atoms with E-state index in [1.165, 1.54) is 0 Å². The lowest BCUT2D eigenvalue weighted by Gasteiger charge is -2.33. The van der Waals surface area contributed by atoms with E-state index in [2.05, 4.69) is 5.16 Å². The van der Waals surface area contributed by atoms with Gasteiger partial charge in [0.1, 0.15) is 0 Å². The molecule has 3 heteroatoms. The van der Waals surface area contributed by atoms with Crippen LogP contribution in [0.15, 0.2) is 35.5 Å². The minimum atomic E-state index is -1.20. The zero-order valence-electron chi connectivity index (χ0n) is 9.90. The second-order valence-electron chi connectivity index (χ2n) is 5.21. The van der Waals surface area contributed by atoms with Crippen molar-refractivity contribution in [2.45, 2.75) is 33.0 Å². The highest BCUT2D eigenvalue weighted by atomic mass is 16.7. The first-order valence-corrected chi connectivity index (χ1v) is 5.45. The van der Waals surface area contributed by atoms with Crippen molar-refractivity contribution < 1.29 is 9.94 Å². The molecule has 16 heavy (non-hydrogen) atoms. The normalized spacial score (nSPS) is 25.1. The molecule has 0 aliphatic carbocycles. The number of rotatable bonds is 1. The fourth-order valence-corrected chi connectivity index (χ4v) is 1.61. The molecular weight excluding hydrogens is 202 g/mol. The van der Waals surface area contributed by atoms with Gasteiger partial charge < -0.3 is 9.94 Å². The summed E-state index contributed by atoms with van der Waals surface area (Å²) < 4.78 is 0. The third-order valence-corrected chi connectivity index (χ3v) is 2.99. The number of nitrogens with zero attached hydrogens (tertiary/aromatic N) is 1. The molecule has 0 bridgehead atoms. The molecule has 1 aromatic rings. The van der Waals surface area contributed by atoms with E-state index in [0.29, 0.717) is 6.42 Å². The van der Waals surface area contributed by atoms with Crippen LogP contribution in [0.4, 0.5) is 0 Å². The van der Waals surface area contributed by atoms with E-state index < -0.39 is 5.79 Å². The van der Waals surface area contributed by atoms with Gasteiger partial charge in [-0.05, 0) is 5.56 Å². The molecular formula is C13H17NO2. The Hall–Kier alpha value is -1.35. The lowest BCUT2D eigenvalue weighted by Crippen LogP contribution is -2.42. The average molecular weight is 219 g/mol. The summed E-state index contributed by atoms with van der Waals surface area (Å²) in [7, 11) is 0. The quantitative estimate of drug-likeness (QED) is 0.788. The molecule has 1 atom stereocenters. The summed E-state index contributed by atoms with van der Waals surface area (Å²) in [5, 5.41) is 14.3. The van der Waals surface area contributed by atoms with E-state index >= 15 is 0 Å². The van der Waals surface area contributed by atoms with E-state index in [0.717, 1.165) is 11.3 Å². The summed E-state index contributed by atoms with van der Waals surface area (Å²) in [6, 6.07) is 9.79. The molecule has 0 spiro atoms. The first-order chi connectivity index (χ1) is 7.42. The molecule has 1 aromatic carbocycles. The summed E-state index contributed by atoms with van der Waals surface area (Å²) >= 11 is 0. The first-order valence-electron chi connectivity index (χ1n) is 5.45. The van der Waals surface area contributed by atoms with Crippen LogP contribution in [0.5, 0.6) is 0 Å². The summed E-state index contributed by atoms with van der Waals surface area (Å²) in [6.07, 6.45) is 0.431. The van der Waals surface area contributed by atoms with Gasteiger partial charge in [-0.25, -0.2) is 0 Å². The van der Waals surface area contributed by atoms with Crippen molar-refractivity contribution in [3.05, 3.63) is 35.9 Å². The molecule has 1 aliphatic heterocycles. The molecule has 86 valence electrons. The first kappa shape index (κ1) is 11.1. The van der Waals surface area contributed by atoms with Gasteiger partial charge in [0.25, 0.3) is 0 Å². The van der Waals surface area contributed by atoms with Crippen LogP contribution in [0.1, 0.15) is 32.8 Å². The van der Waals surface area contributed by atoms with Gasteiger partial charge in [-0.15, -0.1) is 0 Å². The van der Waals surface area contributed by atoms with Crippen LogP contribution in [0, 0.1) is 5.41 Å². The third kappa shape index (κ3) is 1.83. The van der Waals surface area contributed by atoms with Crippen LogP contribution in [-0.2, 0) is 4.84 Å². The van der Waals surface area contributed by atoms with Crippen LogP contribution in [0.2, 0.25) is 0 Å². The van der Waals surface area contributed by atoms with Gasteiger partial charge in [0.2, 0.25) is 5.79 Å². The van der Waals surface area contributed by atoms with Gasteiger partial charge in [-0.2, -0.15) is 0 Å². The van der Waals surface area contributed by atoms with E-state index in [9.17, 15) is 5.11 Å². The zero-order valence-corrected chi connectivity index (χ0v) is 9.90. The number of aliphatic hydroxyl groups is 1.